The van der Waals surface area contributed by atoms with Gasteiger partial charge in [0.15, 0.2) is 11.5 Å². The van der Waals surface area contributed by atoms with Crippen LogP contribution < -0.4 is 14.8 Å². The number of hydrogen-bond acceptors (Lipinski definition) is 4. The first-order valence-corrected chi connectivity index (χ1v) is 6.01. The zero-order valence-electron chi connectivity index (χ0n) is 10.2. The molecule has 0 fully saturated rings. The summed E-state index contributed by atoms with van der Waals surface area (Å²) in [6.07, 6.45) is 0.933. The summed E-state index contributed by atoms with van der Waals surface area (Å²) in [6.45, 7) is 0.550. The molecule has 1 aromatic heterocycles. The summed E-state index contributed by atoms with van der Waals surface area (Å²) in [4.78, 5) is 11.9. The average Bonchev–Trinajstić information content (AvgIpc) is 2.97. The number of rotatable bonds is 3. The Kier molecular flexibility index (Phi) is 3.10. The molecule has 0 radical (unpaired) electrons. The van der Waals surface area contributed by atoms with Crippen LogP contribution in [0.15, 0.2) is 47.1 Å². The summed E-state index contributed by atoms with van der Waals surface area (Å²) < 4.78 is 16.2. The molecule has 1 amide bonds. The molecule has 1 aliphatic heterocycles. The van der Waals surface area contributed by atoms with Crippen LogP contribution in [0, 0.1) is 0 Å². The third-order valence-electron chi connectivity index (χ3n) is 2.82. The zero-order valence-corrected chi connectivity index (χ0v) is 10.2. The van der Waals surface area contributed by atoms with Gasteiger partial charge < -0.3 is 19.2 Å². The second-order valence-electron chi connectivity index (χ2n) is 4.16. The molecule has 5 nitrogen and oxygen atoms in total. The standard InChI is InChI=1S/C14H13NO4/c16-14(15-8-10-4-3-7-17-10)13-9-18-11-5-1-2-6-12(11)19-13/h1-7,13H,8-9H2,(H,15,16)/t13-/m0/s1. The molecule has 98 valence electrons. The fourth-order valence-electron chi connectivity index (χ4n) is 1.85. The maximum atomic E-state index is 11.9. The van der Waals surface area contributed by atoms with Crippen molar-refractivity contribution < 1.29 is 18.7 Å². The third-order valence-corrected chi connectivity index (χ3v) is 2.82. The Bertz CT molecular complexity index is 565. The van der Waals surface area contributed by atoms with Crippen molar-refractivity contribution in [3.05, 3.63) is 48.4 Å². The number of hydrogen-bond donors (Lipinski definition) is 1. The molecule has 1 aromatic carbocycles. The zero-order chi connectivity index (χ0) is 13.1. The Morgan fingerprint density at radius 3 is 2.84 bits per heavy atom. The van der Waals surface area contributed by atoms with Crippen LogP contribution in [0.2, 0.25) is 0 Å². The van der Waals surface area contributed by atoms with Gasteiger partial charge in [-0.25, -0.2) is 0 Å². The summed E-state index contributed by atoms with van der Waals surface area (Å²) in [6, 6.07) is 10.9. The third kappa shape index (κ3) is 2.54. The smallest absolute Gasteiger partial charge is 0.265 e. The van der Waals surface area contributed by atoms with Crippen molar-refractivity contribution in [2.75, 3.05) is 6.61 Å². The van der Waals surface area contributed by atoms with E-state index in [-0.39, 0.29) is 12.5 Å². The lowest BCUT2D eigenvalue weighted by molar-refractivity contribution is -0.130. The van der Waals surface area contributed by atoms with Gasteiger partial charge in [0.1, 0.15) is 12.4 Å². The van der Waals surface area contributed by atoms with Gasteiger partial charge in [0, 0.05) is 0 Å². The molecule has 3 rings (SSSR count). The number of ether oxygens (including phenoxy) is 2. The lowest BCUT2D eigenvalue weighted by Crippen LogP contribution is -2.43. The number of amides is 1. The highest BCUT2D eigenvalue weighted by atomic mass is 16.6. The summed E-state index contributed by atoms with van der Waals surface area (Å²) in [5.74, 6) is 1.74. The van der Waals surface area contributed by atoms with Crippen molar-refractivity contribution >= 4 is 5.91 Å². The molecule has 19 heavy (non-hydrogen) atoms. The van der Waals surface area contributed by atoms with Crippen molar-refractivity contribution in [2.24, 2.45) is 0 Å². The topological polar surface area (TPSA) is 60.7 Å². The number of carbonyl (C=O) groups excluding carboxylic acids is 1. The molecule has 5 heteroatoms. The lowest BCUT2D eigenvalue weighted by Gasteiger charge is -2.25. The van der Waals surface area contributed by atoms with Crippen LogP contribution in [0.25, 0.3) is 0 Å². The molecule has 1 aliphatic rings. The van der Waals surface area contributed by atoms with Crippen LogP contribution in [0.4, 0.5) is 0 Å². The van der Waals surface area contributed by atoms with Gasteiger partial charge in [0.25, 0.3) is 5.91 Å². The highest BCUT2D eigenvalue weighted by molar-refractivity contribution is 5.81. The minimum Gasteiger partial charge on any atom is -0.485 e. The maximum Gasteiger partial charge on any atom is 0.265 e. The van der Waals surface area contributed by atoms with Crippen molar-refractivity contribution in [1.82, 2.24) is 5.32 Å². The van der Waals surface area contributed by atoms with Crippen molar-refractivity contribution in [1.29, 1.82) is 0 Å². The second-order valence-corrected chi connectivity index (χ2v) is 4.16. The summed E-state index contributed by atoms with van der Waals surface area (Å²) in [5, 5.41) is 2.75. The molecular formula is C14H13NO4. The predicted molar refractivity (Wildman–Crippen MR) is 66.9 cm³/mol. The Balaban J connectivity index is 1.60. The van der Waals surface area contributed by atoms with Crippen LogP contribution in [0.1, 0.15) is 5.76 Å². The molecule has 0 spiro atoms. The molecule has 0 saturated heterocycles. The largest absolute Gasteiger partial charge is 0.485 e. The van der Waals surface area contributed by atoms with Gasteiger partial charge >= 0.3 is 0 Å². The predicted octanol–water partition coefficient (Wildman–Crippen LogP) is 1.74. The van der Waals surface area contributed by atoms with Gasteiger partial charge in [-0.05, 0) is 24.3 Å². The van der Waals surface area contributed by atoms with Gasteiger partial charge in [-0.2, -0.15) is 0 Å². The van der Waals surface area contributed by atoms with E-state index < -0.39 is 6.10 Å². The first kappa shape index (κ1) is 11.6. The molecule has 1 atom stereocenters. The van der Waals surface area contributed by atoms with E-state index >= 15 is 0 Å². The van der Waals surface area contributed by atoms with Gasteiger partial charge in [-0.15, -0.1) is 0 Å². The molecule has 2 heterocycles. The second kappa shape index (κ2) is 5.06. The fourth-order valence-corrected chi connectivity index (χ4v) is 1.85. The normalized spacial score (nSPS) is 16.9. The summed E-state index contributed by atoms with van der Waals surface area (Å²) >= 11 is 0. The van der Waals surface area contributed by atoms with E-state index in [1.807, 2.05) is 18.2 Å². The first-order chi connectivity index (χ1) is 9.33. The number of para-hydroxylation sites is 2. The van der Waals surface area contributed by atoms with Crippen LogP contribution in [0.5, 0.6) is 11.5 Å². The molecule has 1 N–H and O–H groups in total. The monoisotopic (exact) mass is 259 g/mol. The Hall–Kier alpha value is -2.43. The average molecular weight is 259 g/mol. The number of fused-ring (bicyclic) bond motifs is 1. The van der Waals surface area contributed by atoms with E-state index in [0.717, 1.165) is 0 Å². The van der Waals surface area contributed by atoms with E-state index in [0.29, 0.717) is 23.8 Å². The molecule has 0 unspecified atom stereocenters. The molecule has 0 saturated carbocycles. The highest BCUT2D eigenvalue weighted by Gasteiger charge is 2.26. The van der Waals surface area contributed by atoms with Crippen molar-refractivity contribution in [3.8, 4) is 11.5 Å². The fraction of sp³-hybridized carbons (Fsp3) is 0.214. The summed E-state index contributed by atoms with van der Waals surface area (Å²) in [5.41, 5.74) is 0. The van der Waals surface area contributed by atoms with Crippen LogP contribution >= 0.6 is 0 Å². The van der Waals surface area contributed by atoms with Gasteiger partial charge in [-0.1, -0.05) is 12.1 Å². The molecule has 0 bridgehead atoms. The van der Waals surface area contributed by atoms with Gasteiger partial charge in [0.2, 0.25) is 6.10 Å². The SMILES string of the molecule is O=C(NCc1ccco1)[C@@H]1COc2ccccc2O1. The Morgan fingerprint density at radius 2 is 2.05 bits per heavy atom. The number of carbonyl (C=O) groups is 1. The van der Waals surface area contributed by atoms with E-state index in [1.54, 1.807) is 24.5 Å². The quantitative estimate of drug-likeness (QED) is 0.912. The molecule has 2 aromatic rings. The van der Waals surface area contributed by atoms with Gasteiger partial charge in [0.05, 0.1) is 12.8 Å². The van der Waals surface area contributed by atoms with Crippen LogP contribution in [-0.4, -0.2) is 18.6 Å². The molecular weight excluding hydrogens is 246 g/mol. The minimum absolute atomic E-state index is 0.209. The number of nitrogens with one attached hydrogen (secondary N) is 1. The van der Waals surface area contributed by atoms with Gasteiger partial charge in [-0.3, -0.25) is 4.79 Å². The van der Waals surface area contributed by atoms with E-state index in [2.05, 4.69) is 5.32 Å². The minimum atomic E-state index is -0.634. The Labute approximate surface area is 110 Å². The highest BCUT2D eigenvalue weighted by Crippen LogP contribution is 2.30. The van der Waals surface area contributed by atoms with Crippen molar-refractivity contribution in [2.45, 2.75) is 12.6 Å². The maximum absolute atomic E-state index is 11.9. The lowest BCUT2D eigenvalue weighted by atomic mass is 10.2. The van der Waals surface area contributed by atoms with E-state index in [9.17, 15) is 4.79 Å². The Morgan fingerprint density at radius 1 is 1.21 bits per heavy atom. The number of furan rings is 1. The van der Waals surface area contributed by atoms with Crippen LogP contribution in [0.3, 0.4) is 0 Å². The summed E-state index contributed by atoms with van der Waals surface area (Å²) in [7, 11) is 0. The first-order valence-electron chi connectivity index (χ1n) is 6.01. The van der Waals surface area contributed by atoms with E-state index in [1.165, 1.54) is 0 Å². The number of benzene rings is 1. The van der Waals surface area contributed by atoms with E-state index in [4.69, 9.17) is 13.9 Å². The van der Waals surface area contributed by atoms with Crippen LogP contribution in [-0.2, 0) is 11.3 Å². The molecule has 0 aliphatic carbocycles. The van der Waals surface area contributed by atoms with Crippen molar-refractivity contribution in [3.63, 3.8) is 0 Å².